The van der Waals surface area contributed by atoms with Crippen molar-refractivity contribution in [2.24, 2.45) is 5.73 Å². The van der Waals surface area contributed by atoms with Crippen LogP contribution in [0.1, 0.15) is 11.5 Å². The first-order valence-electron chi connectivity index (χ1n) is 4.72. The Morgan fingerprint density at radius 2 is 2.06 bits per heavy atom. The van der Waals surface area contributed by atoms with E-state index in [1.807, 2.05) is 0 Å². The summed E-state index contributed by atoms with van der Waals surface area (Å²) in [6.07, 6.45) is 1.37. The molecule has 2 rings (SSSR count). The molecule has 0 fully saturated rings. The molecule has 2 N–H and O–H groups in total. The molecular weight excluding hydrogens is 214 g/mol. The van der Waals surface area contributed by atoms with E-state index in [2.05, 4.69) is 4.98 Å². The molecule has 0 saturated heterocycles. The number of aryl methyl sites for hydroxylation is 1. The SMILES string of the molecule is Cc1cc(-c2cnc(CN)o2)c(F)cc1F. The van der Waals surface area contributed by atoms with Crippen LogP contribution in [0.3, 0.4) is 0 Å². The molecule has 84 valence electrons. The molecule has 0 amide bonds. The topological polar surface area (TPSA) is 52.0 Å². The van der Waals surface area contributed by atoms with Crippen LogP contribution in [-0.2, 0) is 6.54 Å². The maximum Gasteiger partial charge on any atom is 0.208 e. The van der Waals surface area contributed by atoms with Gasteiger partial charge in [0.2, 0.25) is 5.89 Å². The van der Waals surface area contributed by atoms with Crippen molar-refractivity contribution in [1.82, 2.24) is 4.98 Å². The van der Waals surface area contributed by atoms with Crippen molar-refractivity contribution in [2.45, 2.75) is 13.5 Å². The third kappa shape index (κ3) is 1.81. The van der Waals surface area contributed by atoms with Crippen LogP contribution in [0.4, 0.5) is 8.78 Å². The summed E-state index contributed by atoms with van der Waals surface area (Å²) in [5.41, 5.74) is 5.86. The molecule has 0 spiro atoms. The molecule has 0 radical (unpaired) electrons. The van der Waals surface area contributed by atoms with Crippen LogP contribution in [0.5, 0.6) is 0 Å². The predicted molar refractivity (Wildman–Crippen MR) is 54.5 cm³/mol. The van der Waals surface area contributed by atoms with E-state index in [1.165, 1.54) is 12.3 Å². The number of hydrogen-bond acceptors (Lipinski definition) is 3. The minimum Gasteiger partial charge on any atom is -0.439 e. The second kappa shape index (κ2) is 4.02. The van der Waals surface area contributed by atoms with Gasteiger partial charge in [-0.3, -0.25) is 0 Å². The van der Waals surface area contributed by atoms with Crippen molar-refractivity contribution >= 4 is 0 Å². The number of halogens is 2. The average Bonchev–Trinajstić information content (AvgIpc) is 2.71. The molecule has 0 aliphatic rings. The van der Waals surface area contributed by atoms with Crippen LogP contribution in [0.15, 0.2) is 22.7 Å². The highest BCUT2D eigenvalue weighted by Gasteiger charge is 2.13. The quantitative estimate of drug-likeness (QED) is 0.852. The van der Waals surface area contributed by atoms with Gasteiger partial charge in [-0.05, 0) is 18.6 Å². The van der Waals surface area contributed by atoms with Gasteiger partial charge in [-0.25, -0.2) is 13.8 Å². The average molecular weight is 224 g/mol. The third-order valence-electron chi connectivity index (χ3n) is 2.24. The minimum absolute atomic E-state index is 0.141. The molecule has 0 saturated carbocycles. The molecule has 0 bridgehead atoms. The number of oxazole rings is 1. The molecule has 0 unspecified atom stereocenters. The van der Waals surface area contributed by atoms with Crippen molar-refractivity contribution in [2.75, 3.05) is 0 Å². The van der Waals surface area contributed by atoms with Gasteiger partial charge >= 0.3 is 0 Å². The molecule has 0 aliphatic carbocycles. The number of aromatic nitrogens is 1. The lowest BCUT2D eigenvalue weighted by Gasteiger charge is -2.02. The largest absolute Gasteiger partial charge is 0.439 e. The Bertz CT molecular complexity index is 523. The second-order valence-corrected chi connectivity index (χ2v) is 3.40. The van der Waals surface area contributed by atoms with Crippen molar-refractivity contribution < 1.29 is 13.2 Å². The summed E-state index contributed by atoms with van der Waals surface area (Å²) >= 11 is 0. The lowest BCUT2D eigenvalue weighted by Crippen LogP contribution is -1.95. The number of benzene rings is 1. The molecule has 0 aliphatic heterocycles. The summed E-state index contributed by atoms with van der Waals surface area (Å²) in [7, 11) is 0. The summed E-state index contributed by atoms with van der Waals surface area (Å²) in [5.74, 6) is -0.694. The first-order chi connectivity index (χ1) is 7.61. The van der Waals surface area contributed by atoms with E-state index in [0.29, 0.717) is 11.5 Å². The molecule has 1 aromatic heterocycles. The highest BCUT2D eigenvalue weighted by Crippen LogP contribution is 2.25. The Labute approximate surface area is 90.9 Å². The van der Waals surface area contributed by atoms with Gasteiger partial charge in [0, 0.05) is 6.07 Å². The van der Waals surface area contributed by atoms with Crippen LogP contribution in [0.25, 0.3) is 11.3 Å². The monoisotopic (exact) mass is 224 g/mol. The van der Waals surface area contributed by atoms with Crippen molar-refractivity contribution in [3.05, 3.63) is 41.4 Å². The Hall–Kier alpha value is -1.75. The van der Waals surface area contributed by atoms with Gasteiger partial charge in [-0.1, -0.05) is 0 Å². The van der Waals surface area contributed by atoms with E-state index in [1.54, 1.807) is 6.92 Å². The predicted octanol–water partition coefficient (Wildman–Crippen LogP) is 2.39. The second-order valence-electron chi connectivity index (χ2n) is 3.40. The zero-order chi connectivity index (χ0) is 11.7. The fourth-order valence-corrected chi connectivity index (χ4v) is 1.38. The fraction of sp³-hybridized carbons (Fsp3) is 0.182. The van der Waals surface area contributed by atoms with Crippen molar-refractivity contribution in [3.8, 4) is 11.3 Å². The highest BCUT2D eigenvalue weighted by molar-refractivity contribution is 5.58. The zero-order valence-electron chi connectivity index (χ0n) is 8.63. The lowest BCUT2D eigenvalue weighted by molar-refractivity contribution is 0.504. The standard InChI is InChI=1S/C11H10F2N2O/c1-6-2-7(9(13)3-8(6)12)10-5-15-11(4-14)16-10/h2-3,5H,4,14H2,1H3. The summed E-state index contributed by atoms with van der Waals surface area (Å²) in [4.78, 5) is 3.85. The van der Waals surface area contributed by atoms with Gasteiger partial charge in [0.05, 0.1) is 18.3 Å². The van der Waals surface area contributed by atoms with Crippen LogP contribution in [0.2, 0.25) is 0 Å². The molecule has 0 atom stereocenters. The van der Waals surface area contributed by atoms with Gasteiger partial charge in [-0.2, -0.15) is 0 Å². The van der Waals surface area contributed by atoms with Crippen LogP contribution in [-0.4, -0.2) is 4.98 Å². The number of hydrogen-bond donors (Lipinski definition) is 1. The lowest BCUT2D eigenvalue weighted by atomic mass is 10.1. The van der Waals surface area contributed by atoms with Gasteiger partial charge in [0.15, 0.2) is 5.76 Å². The fourth-order valence-electron chi connectivity index (χ4n) is 1.38. The summed E-state index contributed by atoms with van der Waals surface area (Å²) in [6, 6.07) is 2.21. The smallest absolute Gasteiger partial charge is 0.208 e. The zero-order valence-corrected chi connectivity index (χ0v) is 8.63. The first-order valence-corrected chi connectivity index (χ1v) is 4.72. The minimum atomic E-state index is -0.678. The van der Waals surface area contributed by atoms with Crippen LogP contribution >= 0.6 is 0 Å². The maximum atomic E-state index is 13.5. The molecule has 3 nitrogen and oxygen atoms in total. The molecule has 1 aromatic carbocycles. The van der Waals surface area contributed by atoms with E-state index >= 15 is 0 Å². The number of rotatable bonds is 2. The van der Waals surface area contributed by atoms with Gasteiger partial charge in [-0.15, -0.1) is 0 Å². The maximum absolute atomic E-state index is 13.5. The van der Waals surface area contributed by atoms with Crippen LogP contribution < -0.4 is 5.73 Å². The Morgan fingerprint density at radius 3 is 2.69 bits per heavy atom. The Balaban J connectivity index is 2.51. The first kappa shape index (κ1) is 10.8. The van der Waals surface area contributed by atoms with Crippen LogP contribution in [0, 0.1) is 18.6 Å². The molecule has 2 aromatic rings. The van der Waals surface area contributed by atoms with E-state index in [9.17, 15) is 8.78 Å². The normalized spacial score (nSPS) is 10.8. The van der Waals surface area contributed by atoms with E-state index in [0.717, 1.165) is 6.07 Å². The number of nitrogens with zero attached hydrogens (tertiary/aromatic N) is 1. The Kier molecular flexibility index (Phi) is 2.70. The van der Waals surface area contributed by atoms with Gasteiger partial charge in [0.1, 0.15) is 11.6 Å². The Morgan fingerprint density at radius 1 is 1.31 bits per heavy atom. The van der Waals surface area contributed by atoms with Gasteiger partial charge in [0.25, 0.3) is 0 Å². The summed E-state index contributed by atoms with van der Waals surface area (Å²) in [5, 5.41) is 0. The molecule has 16 heavy (non-hydrogen) atoms. The van der Waals surface area contributed by atoms with E-state index < -0.39 is 11.6 Å². The molecular formula is C11H10F2N2O. The summed E-state index contributed by atoms with van der Waals surface area (Å²) in [6.45, 7) is 1.69. The van der Waals surface area contributed by atoms with E-state index in [4.69, 9.17) is 10.2 Å². The van der Waals surface area contributed by atoms with Gasteiger partial charge < -0.3 is 10.2 Å². The summed E-state index contributed by atoms with van der Waals surface area (Å²) < 4.78 is 31.7. The van der Waals surface area contributed by atoms with E-state index in [-0.39, 0.29) is 17.9 Å². The molecule has 1 heterocycles. The third-order valence-corrected chi connectivity index (χ3v) is 2.24. The highest BCUT2D eigenvalue weighted by atomic mass is 19.1. The van der Waals surface area contributed by atoms with Crippen molar-refractivity contribution in [3.63, 3.8) is 0 Å². The van der Waals surface area contributed by atoms with Crippen molar-refractivity contribution in [1.29, 1.82) is 0 Å². The number of nitrogens with two attached hydrogens (primary N) is 1. The molecule has 5 heteroatoms.